The van der Waals surface area contributed by atoms with Gasteiger partial charge in [-0.2, -0.15) is 4.98 Å². The molecule has 1 aliphatic carbocycles. The van der Waals surface area contributed by atoms with Gasteiger partial charge in [-0.15, -0.1) is 0 Å². The van der Waals surface area contributed by atoms with Crippen LogP contribution in [0.3, 0.4) is 0 Å². The van der Waals surface area contributed by atoms with Crippen LogP contribution in [-0.4, -0.2) is 30.1 Å². The quantitative estimate of drug-likeness (QED) is 0.845. The molecule has 16 heavy (non-hydrogen) atoms. The van der Waals surface area contributed by atoms with Gasteiger partial charge in [0, 0.05) is 26.3 Å². The van der Waals surface area contributed by atoms with Gasteiger partial charge in [0.25, 0.3) is 0 Å². The van der Waals surface area contributed by atoms with Crippen molar-refractivity contribution in [2.75, 3.05) is 24.3 Å². The Balaban J connectivity index is 2.00. The highest BCUT2D eigenvalue weighted by Gasteiger charge is 2.14. The molecule has 1 aromatic heterocycles. The number of hydrogen-bond acceptors (Lipinski definition) is 4. The van der Waals surface area contributed by atoms with E-state index in [1.807, 2.05) is 25.1 Å². The van der Waals surface area contributed by atoms with Crippen molar-refractivity contribution >= 4 is 11.8 Å². The van der Waals surface area contributed by atoms with Crippen LogP contribution < -0.4 is 10.2 Å². The number of hydrogen-bond donors (Lipinski definition) is 1. The van der Waals surface area contributed by atoms with Crippen LogP contribution in [0.25, 0.3) is 0 Å². The second kappa shape index (κ2) is 5.14. The Morgan fingerprint density at radius 1 is 1.31 bits per heavy atom. The summed E-state index contributed by atoms with van der Waals surface area (Å²) in [6.07, 6.45) is 8.94. The van der Waals surface area contributed by atoms with Crippen LogP contribution in [0.1, 0.15) is 25.7 Å². The Labute approximate surface area is 97.1 Å². The van der Waals surface area contributed by atoms with Crippen LogP contribution in [0.2, 0.25) is 0 Å². The summed E-state index contributed by atoms with van der Waals surface area (Å²) in [7, 11) is 3.98. The summed E-state index contributed by atoms with van der Waals surface area (Å²) >= 11 is 0. The van der Waals surface area contributed by atoms with Crippen LogP contribution in [0, 0.1) is 6.42 Å². The molecule has 2 rings (SSSR count). The Bertz CT molecular complexity index is 332. The van der Waals surface area contributed by atoms with Gasteiger partial charge >= 0.3 is 0 Å². The van der Waals surface area contributed by atoms with Crippen molar-refractivity contribution in [2.45, 2.75) is 31.7 Å². The molecule has 0 aliphatic heterocycles. The van der Waals surface area contributed by atoms with E-state index in [1.165, 1.54) is 25.7 Å². The Kier molecular flexibility index (Phi) is 3.59. The lowest BCUT2D eigenvalue weighted by Gasteiger charge is -2.23. The summed E-state index contributed by atoms with van der Waals surface area (Å²) in [6.45, 7) is 0. The van der Waals surface area contributed by atoms with E-state index >= 15 is 0 Å². The fourth-order valence-electron chi connectivity index (χ4n) is 1.92. The maximum atomic E-state index is 4.46. The van der Waals surface area contributed by atoms with Crippen molar-refractivity contribution in [1.29, 1.82) is 0 Å². The molecule has 1 saturated carbocycles. The van der Waals surface area contributed by atoms with Gasteiger partial charge in [0.05, 0.1) is 0 Å². The van der Waals surface area contributed by atoms with Gasteiger partial charge in [0.15, 0.2) is 0 Å². The summed E-state index contributed by atoms with van der Waals surface area (Å²) in [6, 6.07) is 2.45. The third kappa shape index (κ3) is 2.84. The lowest BCUT2D eigenvalue weighted by molar-refractivity contribution is 0.532. The first-order valence-electron chi connectivity index (χ1n) is 5.84. The van der Waals surface area contributed by atoms with Gasteiger partial charge in [-0.3, -0.25) is 0 Å². The summed E-state index contributed by atoms with van der Waals surface area (Å²) in [4.78, 5) is 10.7. The number of aromatic nitrogens is 2. The highest BCUT2D eigenvalue weighted by atomic mass is 15.2. The average molecular weight is 219 g/mol. The van der Waals surface area contributed by atoms with Crippen LogP contribution >= 0.6 is 0 Å². The molecule has 4 heteroatoms. The van der Waals surface area contributed by atoms with Gasteiger partial charge in [-0.25, -0.2) is 4.98 Å². The maximum absolute atomic E-state index is 4.46. The normalized spacial score (nSPS) is 17.1. The van der Waals surface area contributed by atoms with Crippen LogP contribution in [-0.2, 0) is 0 Å². The minimum Gasteiger partial charge on any atom is -0.363 e. The topological polar surface area (TPSA) is 41.1 Å². The molecule has 0 spiro atoms. The molecule has 1 aromatic rings. The number of nitrogens with zero attached hydrogens (tertiary/aromatic N) is 3. The predicted molar refractivity (Wildman–Crippen MR) is 66.5 cm³/mol. The van der Waals surface area contributed by atoms with E-state index in [2.05, 4.69) is 21.7 Å². The number of nitrogens with one attached hydrogen (secondary N) is 1. The summed E-state index contributed by atoms with van der Waals surface area (Å²) in [5.41, 5.74) is 0. The lowest BCUT2D eigenvalue weighted by Crippen LogP contribution is -2.24. The van der Waals surface area contributed by atoms with E-state index < -0.39 is 0 Å². The largest absolute Gasteiger partial charge is 0.363 e. The van der Waals surface area contributed by atoms with Crippen molar-refractivity contribution < 1.29 is 0 Å². The van der Waals surface area contributed by atoms with Crippen molar-refractivity contribution in [3.63, 3.8) is 0 Å². The number of anilines is 2. The van der Waals surface area contributed by atoms with E-state index in [0.29, 0.717) is 6.04 Å². The SMILES string of the molecule is CN(C)c1ccnc(NC2CC[CH]CC2)n1. The van der Waals surface area contributed by atoms with Gasteiger partial charge in [-0.1, -0.05) is 0 Å². The van der Waals surface area contributed by atoms with E-state index in [-0.39, 0.29) is 0 Å². The molecule has 0 amide bonds. The molecule has 0 unspecified atom stereocenters. The molecule has 1 N–H and O–H groups in total. The highest BCUT2D eigenvalue weighted by molar-refractivity contribution is 5.41. The number of rotatable bonds is 3. The van der Waals surface area contributed by atoms with Gasteiger partial charge < -0.3 is 10.2 Å². The van der Waals surface area contributed by atoms with Crippen LogP contribution in [0.15, 0.2) is 12.3 Å². The zero-order valence-electron chi connectivity index (χ0n) is 9.98. The summed E-state index contributed by atoms with van der Waals surface area (Å²) < 4.78 is 0. The van der Waals surface area contributed by atoms with E-state index in [9.17, 15) is 0 Å². The molecule has 4 nitrogen and oxygen atoms in total. The zero-order valence-corrected chi connectivity index (χ0v) is 9.98. The van der Waals surface area contributed by atoms with E-state index in [1.54, 1.807) is 6.20 Å². The monoisotopic (exact) mass is 219 g/mol. The third-order valence-corrected chi connectivity index (χ3v) is 2.87. The van der Waals surface area contributed by atoms with Crippen molar-refractivity contribution in [1.82, 2.24) is 9.97 Å². The van der Waals surface area contributed by atoms with Crippen LogP contribution in [0.4, 0.5) is 11.8 Å². The van der Waals surface area contributed by atoms with Gasteiger partial charge in [0.1, 0.15) is 5.82 Å². The smallest absolute Gasteiger partial charge is 0.224 e. The predicted octanol–water partition coefficient (Wildman–Crippen LogP) is 2.10. The minimum atomic E-state index is 0.530. The first-order valence-corrected chi connectivity index (χ1v) is 5.84. The Hall–Kier alpha value is -1.32. The van der Waals surface area contributed by atoms with Gasteiger partial charge in [0.2, 0.25) is 5.95 Å². The first-order chi connectivity index (χ1) is 7.75. The van der Waals surface area contributed by atoms with Crippen molar-refractivity contribution in [2.24, 2.45) is 0 Å². The second-order valence-electron chi connectivity index (χ2n) is 4.42. The zero-order chi connectivity index (χ0) is 11.4. The molecule has 0 saturated heterocycles. The Morgan fingerprint density at radius 3 is 2.75 bits per heavy atom. The van der Waals surface area contributed by atoms with Gasteiger partial charge in [-0.05, 0) is 38.2 Å². The fourth-order valence-corrected chi connectivity index (χ4v) is 1.92. The molecule has 87 valence electrons. The van der Waals surface area contributed by atoms with E-state index in [4.69, 9.17) is 0 Å². The summed E-state index contributed by atoms with van der Waals surface area (Å²) in [5, 5.41) is 3.41. The molecule has 1 heterocycles. The highest BCUT2D eigenvalue weighted by Crippen LogP contribution is 2.19. The molecular weight excluding hydrogens is 200 g/mol. The molecule has 1 radical (unpaired) electrons. The fraction of sp³-hybridized carbons (Fsp3) is 0.583. The second-order valence-corrected chi connectivity index (χ2v) is 4.42. The molecule has 0 atom stereocenters. The summed E-state index contributed by atoms with van der Waals surface area (Å²) in [5.74, 6) is 1.69. The average Bonchev–Trinajstić information content (AvgIpc) is 2.30. The Morgan fingerprint density at radius 2 is 2.06 bits per heavy atom. The molecular formula is C12H19N4. The molecule has 1 fully saturated rings. The first kappa shape index (κ1) is 11.2. The maximum Gasteiger partial charge on any atom is 0.224 e. The van der Waals surface area contributed by atoms with Crippen LogP contribution in [0.5, 0.6) is 0 Å². The molecule has 1 aliphatic rings. The standard InChI is InChI=1S/C12H19N4/c1-16(2)11-8-9-13-12(15-11)14-10-6-4-3-5-7-10/h3,8-10H,4-7H2,1-2H3,(H,13,14,15). The van der Waals surface area contributed by atoms with Crippen molar-refractivity contribution in [3.05, 3.63) is 18.7 Å². The lowest BCUT2D eigenvalue weighted by atomic mass is 9.96. The van der Waals surface area contributed by atoms with Crippen molar-refractivity contribution in [3.8, 4) is 0 Å². The third-order valence-electron chi connectivity index (χ3n) is 2.87. The molecule has 0 aromatic carbocycles. The minimum absolute atomic E-state index is 0.530. The molecule has 0 bridgehead atoms. The van der Waals surface area contributed by atoms with E-state index in [0.717, 1.165) is 11.8 Å².